The molecule has 1 saturated carbocycles. The Bertz CT molecular complexity index is 249. The van der Waals surface area contributed by atoms with Gasteiger partial charge in [0.2, 0.25) is 0 Å². The molecule has 2 aliphatic rings. The van der Waals surface area contributed by atoms with Crippen LogP contribution in [0, 0.1) is 11.3 Å². The van der Waals surface area contributed by atoms with Crippen molar-refractivity contribution in [1.82, 2.24) is 4.90 Å². The summed E-state index contributed by atoms with van der Waals surface area (Å²) in [5.41, 5.74) is 6.70. The van der Waals surface area contributed by atoms with Crippen LogP contribution in [0.2, 0.25) is 0 Å². The van der Waals surface area contributed by atoms with Crippen molar-refractivity contribution in [2.75, 3.05) is 26.8 Å². The van der Waals surface area contributed by atoms with Gasteiger partial charge in [-0.3, -0.25) is 0 Å². The van der Waals surface area contributed by atoms with E-state index in [4.69, 9.17) is 10.5 Å². The lowest BCUT2D eigenvalue weighted by atomic mass is 9.87. The number of hydrogen-bond donors (Lipinski definition) is 1. The molecule has 0 aromatic carbocycles. The largest absolute Gasteiger partial charge is 0.381 e. The van der Waals surface area contributed by atoms with E-state index < -0.39 is 0 Å². The molecule has 0 bridgehead atoms. The minimum absolute atomic E-state index is 0.308. The maximum absolute atomic E-state index is 6.39. The van der Waals surface area contributed by atoms with Crippen LogP contribution in [-0.4, -0.2) is 43.8 Å². The lowest BCUT2D eigenvalue weighted by molar-refractivity contribution is 0.0344. The van der Waals surface area contributed by atoms with Crippen LogP contribution >= 0.6 is 0 Å². The zero-order chi connectivity index (χ0) is 12.5. The molecule has 0 aromatic rings. The van der Waals surface area contributed by atoms with Gasteiger partial charge in [0.25, 0.3) is 0 Å². The molecule has 2 N–H and O–H groups in total. The van der Waals surface area contributed by atoms with E-state index in [-0.39, 0.29) is 0 Å². The van der Waals surface area contributed by atoms with Crippen LogP contribution in [0.25, 0.3) is 0 Å². The van der Waals surface area contributed by atoms with Crippen LogP contribution < -0.4 is 5.73 Å². The maximum Gasteiger partial charge on any atom is 0.0506 e. The molecule has 3 atom stereocenters. The van der Waals surface area contributed by atoms with Crippen LogP contribution in [0.4, 0.5) is 0 Å². The quantitative estimate of drug-likeness (QED) is 0.818. The minimum Gasteiger partial charge on any atom is -0.381 e. The summed E-state index contributed by atoms with van der Waals surface area (Å²) in [4.78, 5) is 2.48. The molecular weight excluding hydrogens is 212 g/mol. The summed E-state index contributed by atoms with van der Waals surface area (Å²) in [6.45, 7) is 7.64. The highest BCUT2D eigenvalue weighted by molar-refractivity contribution is 4.98. The first kappa shape index (κ1) is 13.3. The average molecular weight is 240 g/mol. The molecule has 17 heavy (non-hydrogen) atoms. The third kappa shape index (κ3) is 3.01. The molecular formula is C14H28N2O. The monoisotopic (exact) mass is 240 g/mol. The van der Waals surface area contributed by atoms with Gasteiger partial charge in [-0.25, -0.2) is 0 Å². The van der Waals surface area contributed by atoms with Crippen LogP contribution in [-0.2, 0) is 4.74 Å². The predicted molar refractivity (Wildman–Crippen MR) is 71.0 cm³/mol. The molecule has 1 aliphatic carbocycles. The Morgan fingerprint density at radius 1 is 1.35 bits per heavy atom. The number of likely N-dealkylation sites (N-methyl/N-ethyl adjacent to an activating group) is 1. The maximum atomic E-state index is 6.39. The Labute approximate surface area is 106 Å². The molecule has 1 saturated heterocycles. The van der Waals surface area contributed by atoms with Crippen molar-refractivity contribution in [1.29, 1.82) is 0 Å². The first-order valence-corrected chi connectivity index (χ1v) is 7.04. The number of ether oxygens (including phenoxy) is 1. The number of rotatable bonds is 3. The van der Waals surface area contributed by atoms with E-state index in [1.165, 1.54) is 25.7 Å². The van der Waals surface area contributed by atoms with Gasteiger partial charge in [0.15, 0.2) is 0 Å². The van der Waals surface area contributed by atoms with E-state index in [0.717, 1.165) is 19.8 Å². The highest BCUT2D eigenvalue weighted by Gasteiger charge is 2.41. The summed E-state index contributed by atoms with van der Waals surface area (Å²) in [7, 11) is 2.24. The molecule has 1 aliphatic heterocycles. The topological polar surface area (TPSA) is 38.5 Å². The summed E-state index contributed by atoms with van der Waals surface area (Å²) in [5.74, 6) is 0.713. The second-order valence-electron chi connectivity index (χ2n) is 6.64. The molecule has 3 unspecified atom stereocenters. The molecule has 0 amide bonds. The van der Waals surface area contributed by atoms with Crippen molar-refractivity contribution in [2.45, 2.75) is 51.6 Å². The smallest absolute Gasteiger partial charge is 0.0506 e. The van der Waals surface area contributed by atoms with E-state index in [1.807, 2.05) is 0 Å². The molecule has 0 spiro atoms. The standard InChI is InChI=1S/C14H28N2O/c1-14(2)7-6-12(13(14)15)16(3)9-11-5-4-8-17-10-11/h11-13H,4-10,15H2,1-3H3. The Morgan fingerprint density at radius 3 is 2.65 bits per heavy atom. The van der Waals surface area contributed by atoms with Crippen molar-refractivity contribution in [3.63, 3.8) is 0 Å². The Balaban J connectivity index is 1.85. The van der Waals surface area contributed by atoms with Crippen LogP contribution in [0.15, 0.2) is 0 Å². The van der Waals surface area contributed by atoms with Gasteiger partial charge in [-0.2, -0.15) is 0 Å². The molecule has 3 nitrogen and oxygen atoms in total. The van der Waals surface area contributed by atoms with Gasteiger partial charge in [-0.15, -0.1) is 0 Å². The molecule has 1 heterocycles. The fourth-order valence-electron chi connectivity index (χ4n) is 3.38. The van der Waals surface area contributed by atoms with Crippen molar-refractivity contribution < 1.29 is 4.74 Å². The fraction of sp³-hybridized carbons (Fsp3) is 1.00. The lowest BCUT2D eigenvalue weighted by Gasteiger charge is -2.35. The molecule has 2 fully saturated rings. The van der Waals surface area contributed by atoms with Crippen molar-refractivity contribution >= 4 is 0 Å². The van der Waals surface area contributed by atoms with Gasteiger partial charge in [-0.1, -0.05) is 13.8 Å². The van der Waals surface area contributed by atoms with Crippen LogP contribution in [0.1, 0.15) is 39.5 Å². The molecule has 100 valence electrons. The Kier molecular flexibility index (Phi) is 4.11. The van der Waals surface area contributed by atoms with Gasteiger partial charge < -0.3 is 15.4 Å². The van der Waals surface area contributed by atoms with E-state index in [2.05, 4.69) is 25.8 Å². The number of nitrogens with zero attached hydrogens (tertiary/aromatic N) is 1. The van der Waals surface area contributed by atoms with Crippen molar-refractivity contribution in [3.8, 4) is 0 Å². The second kappa shape index (κ2) is 5.25. The Hall–Kier alpha value is -0.120. The van der Waals surface area contributed by atoms with Gasteiger partial charge in [0.1, 0.15) is 0 Å². The highest BCUT2D eigenvalue weighted by Crippen LogP contribution is 2.38. The van der Waals surface area contributed by atoms with E-state index in [9.17, 15) is 0 Å². The average Bonchev–Trinajstić information content (AvgIpc) is 2.56. The minimum atomic E-state index is 0.308. The zero-order valence-electron chi connectivity index (χ0n) is 11.6. The van der Waals surface area contributed by atoms with Gasteiger partial charge in [0, 0.05) is 25.2 Å². The molecule has 3 heteroatoms. The van der Waals surface area contributed by atoms with E-state index in [0.29, 0.717) is 23.4 Å². The highest BCUT2D eigenvalue weighted by atomic mass is 16.5. The zero-order valence-corrected chi connectivity index (χ0v) is 11.6. The third-order valence-electron chi connectivity index (χ3n) is 4.77. The van der Waals surface area contributed by atoms with Crippen molar-refractivity contribution in [3.05, 3.63) is 0 Å². The summed E-state index contributed by atoms with van der Waals surface area (Å²) in [6, 6.07) is 0.879. The van der Waals surface area contributed by atoms with Crippen LogP contribution in [0.5, 0.6) is 0 Å². The summed E-state index contributed by atoms with van der Waals surface area (Å²) < 4.78 is 5.56. The second-order valence-corrected chi connectivity index (χ2v) is 6.64. The lowest BCUT2D eigenvalue weighted by Crippen LogP contribution is -2.49. The number of nitrogens with two attached hydrogens (primary N) is 1. The van der Waals surface area contributed by atoms with Gasteiger partial charge >= 0.3 is 0 Å². The van der Waals surface area contributed by atoms with E-state index in [1.54, 1.807) is 0 Å². The summed E-state index contributed by atoms with van der Waals surface area (Å²) in [5, 5.41) is 0. The predicted octanol–water partition coefficient (Wildman–Crippen LogP) is 1.86. The molecule has 0 aromatic heterocycles. The first-order valence-electron chi connectivity index (χ1n) is 7.04. The third-order valence-corrected chi connectivity index (χ3v) is 4.77. The fourth-order valence-corrected chi connectivity index (χ4v) is 3.38. The van der Waals surface area contributed by atoms with Crippen molar-refractivity contribution in [2.24, 2.45) is 17.1 Å². The molecule has 0 radical (unpaired) electrons. The number of hydrogen-bond acceptors (Lipinski definition) is 3. The van der Waals surface area contributed by atoms with Crippen LogP contribution in [0.3, 0.4) is 0 Å². The normalized spacial score (nSPS) is 37.6. The van der Waals surface area contributed by atoms with Gasteiger partial charge in [0.05, 0.1) is 6.61 Å². The van der Waals surface area contributed by atoms with E-state index >= 15 is 0 Å². The Morgan fingerprint density at radius 2 is 2.12 bits per heavy atom. The molecule has 2 rings (SSSR count). The first-order chi connectivity index (χ1) is 8.00. The summed E-state index contributed by atoms with van der Waals surface area (Å²) in [6.07, 6.45) is 5.04. The SMILES string of the molecule is CN(CC1CCCOC1)C1CCC(C)(C)C1N. The summed E-state index contributed by atoms with van der Waals surface area (Å²) >= 11 is 0. The van der Waals surface area contributed by atoms with Gasteiger partial charge in [-0.05, 0) is 44.1 Å².